The van der Waals surface area contributed by atoms with Crippen LogP contribution in [0.3, 0.4) is 0 Å². The molecule has 0 saturated heterocycles. The van der Waals surface area contributed by atoms with E-state index in [4.69, 9.17) is 48.5 Å². The van der Waals surface area contributed by atoms with E-state index in [0.29, 0.717) is 40.3 Å². The Labute approximate surface area is 308 Å². The molecule has 0 fully saturated rings. The Morgan fingerprint density at radius 3 is 2.28 bits per heavy atom. The topological polar surface area (TPSA) is 90.0 Å². The van der Waals surface area contributed by atoms with Gasteiger partial charge in [-0.05, 0) is 80.4 Å². The minimum atomic E-state index is -2.32. The third-order valence-electron chi connectivity index (χ3n) is 9.02. The van der Waals surface area contributed by atoms with Gasteiger partial charge in [-0.15, -0.1) is 6.42 Å². The van der Waals surface area contributed by atoms with Gasteiger partial charge in [0.2, 0.25) is 11.8 Å². The predicted molar refractivity (Wildman–Crippen MR) is 204 cm³/mol. The van der Waals surface area contributed by atoms with Gasteiger partial charge < -0.3 is 24.1 Å². The van der Waals surface area contributed by atoms with Crippen LogP contribution < -0.4 is 19.4 Å². The average molecular weight is 739 g/mol. The molecule has 0 unspecified atom stereocenters. The molecule has 3 aromatic rings. The number of terminal acetylenes is 1. The zero-order valence-corrected chi connectivity index (χ0v) is 33.3. The van der Waals surface area contributed by atoms with Crippen molar-refractivity contribution in [3.05, 3.63) is 81.0 Å². The summed E-state index contributed by atoms with van der Waals surface area (Å²) in [7, 11) is -2.32. The second-order valence-corrected chi connectivity index (χ2v) is 21.5. The molecule has 0 saturated carbocycles. The number of amides is 2. The molecule has 4 rings (SSSR count). The molecular weight excluding hydrogens is 689 g/mol. The third kappa shape index (κ3) is 9.54. The monoisotopic (exact) mass is 737 g/mol. The van der Waals surface area contributed by atoms with Gasteiger partial charge >= 0.3 is 6.09 Å². The van der Waals surface area contributed by atoms with Crippen LogP contribution in [0.15, 0.2) is 48.5 Å². The lowest BCUT2D eigenvalue weighted by Gasteiger charge is -2.36. The highest BCUT2D eigenvalue weighted by Crippen LogP contribution is 2.45. The number of rotatable bonds is 10. The van der Waals surface area contributed by atoms with Crippen LogP contribution in [0.4, 0.5) is 10.5 Å². The lowest BCUT2D eigenvalue weighted by atomic mass is 9.91. The highest BCUT2D eigenvalue weighted by atomic mass is 35.5. The van der Waals surface area contributed by atoms with Crippen LogP contribution in [-0.4, -0.2) is 50.1 Å². The average Bonchev–Trinajstić information content (AvgIpc) is 3.25. The van der Waals surface area contributed by atoms with E-state index < -0.39 is 31.5 Å². The van der Waals surface area contributed by atoms with Gasteiger partial charge in [-0.2, -0.15) is 0 Å². The Morgan fingerprint density at radius 2 is 1.70 bits per heavy atom. The predicted octanol–water partition coefficient (Wildman–Crippen LogP) is 9.14. The standard InChI is InChI=1S/C39H49Cl2N3O5Si/c1-12-19-47-29-17-13-25(14-18-29)20-31(42-36(46)48-37(2,3)4)35(45)44-24-39(8,9)33-32(44)22-27(21-26-15-16-28(40)23-30(26)41)34(43-33)49-50(10,11)38(5,6)7/h1,13-18,22-23,31H,19-21,24H2,2-11H3,(H,42,46)/t31-/m0/s1. The van der Waals surface area contributed by atoms with Gasteiger partial charge in [0.15, 0.2) is 0 Å². The van der Waals surface area contributed by atoms with Crippen molar-refractivity contribution in [1.82, 2.24) is 10.3 Å². The SMILES string of the molecule is C#CCOc1ccc(C[C@H](NC(=O)OC(C)(C)C)C(=O)N2CC(C)(C)c3nc(O[Si](C)(C)C(C)(C)C)c(Cc4ccc(Cl)cc4Cl)cc32)cc1. The number of nitrogens with zero attached hydrogens (tertiary/aromatic N) is 2. The molecule has 0 spiro atoms. The number of anilines is 1. The van der Waals surface area contributed by atoms with Crippen LogP contribution in [-0.2, 0) is 27.8 Å². The summed E-state index contributed by atoms with van der Waals surface area (Å²) in [6.45, 7) is 20.9. The molecular formula is C39H49Cl2N3O5Si. The largest absolute Gasteiger partial charge is 0.530 e. The fraction of sp³-hybridized carbons (Fsp3) is 0.462. The van der Waals surface area contributed by atoms with E-state index in [-0.39, 0.29) is 24.0 Å². The van der Waals surface area contributed by atoms with Gasteiger partial charge in [0.1, 0.15) is 24.0 Å². The fourth-order valence-corrected chi connectivity index (χ4v) is 6.82. The molecule has 50 heavy (non-hydrogen) atoms. The van der Waals surface area contributed by atoms with Crippen molar-refractivity contribution in [3.8, 4) is 24.0 Å². The number of halogens is 2. The van der Waals surface area contributed by atoms with Crippen molar-refractivity contribution in [2.75, 3.05) is 18.1 Å². The van der Waals surface area contributed by atoms with Gasteiger partial charge in [0.25, 0.3) is 8.32 Å². The maximum atomic E-state index is 14.6. The smallest absolute Gasteiger partial charge is 0.408 e. The van der Waals surface area contributed by atoms with Gasteiger partial charge in [0, 0.05) is 40.4 Å². The van der Waals surface area contributed by atoms with Gasteiger partial charge in [-0.3, -0.25) is 4.79 Å². The number of pyridine rings is 1. The Kier molecular flexibility index (Phi) is 11.6. The summed E-state index contributed by atoms with van der Waals surface area (Å²) < 4.78 is 18.0. The van der Waals surface area contributed by atoms with Crippen molar-refractivity contribution in [2.45, 2.75) is 103 Å². The van der Waals surface area contributed by atoms with Gasteiger partial charge in [0.05, 0.1) is 11.4 Å². The highest BCUT2D eigenvalue weighted by molar-refractivity contribution is 6.74. The second kappa shape index (κ2) is 14.9. The quantitative estimate of drug-likeness (QED) is 0.165. The Morgan fingerprint density at radius 1 is 1.04 bits per heavy atom. The van der Waals surface area contributed by atoms with E-state index in [1.54, 1.807) is 49.9 Å². The molecule has 8 nitrogen and oxygen atoms in total. The van der Waals surface area contributed by atoms with Crippen LogP contribution >= 0.6 is 23.2 Å². The van der Waals surface area contributed by atoms with Crippen LogP contribution in [0.1, 0.15) is 77.8 Å². The first-order valence-electron chi connectivity index (χ1n) is 16.7. The summed E-state index contributed by atoms with van der Waals surface area (Å²) in [5.41, 5.74) is 2.62. The molecule has 0 aliphatic carbocycles. The van der Waals surface area contributed by atoms with E-state index in [1.807, 2.05) is 24.3 Å². The maximum absolute atomic E-state index is 14.6. The number of aromatic nitrogens is 1. The van der Waals surface area contributed by atoms with Crippen molar-refractivity contribution in [1.29, 1.82) is 0 Å². The van der Waals surface area contributed by atoms with Gasteiger partial charge in [-0.1, -0.05) is 81.9 Å². The molecule has 11 heteroatoms. The van der Waals surface area contributed by atoms with Crippen LogP contribution in [0, 0.1) is 12.3 Å². The summed E-state index contributed by atoms with van der Waals surface area (Å²) in [5.74, 6) is 3.32. The van der Waals surface area contributed by atoms with E-state index in [2.05, 4.69) is 58.9 Å². The number of carbonyl (C=O) groups excluding carboxylic acids is 2. The van der Waals surface area contributed by atoms with E-state index in [9.17, 15) is 9.59 Å². The minimum absolute atomic E-state index is 0.0768. The molecule has 1 aromatic heterocycles. The number of benzene rings is 2. The Bertz CT molecular complexity index is 1770. The summed E-state index contributed by atoms with van der Waals surface area (Å²) >= 11 is 12.9. The molecule has 0 radical (unpaired) electrons. The van der Waals surface area contributed by atoms with Gasteiger partial charge in [-0.25, -0.2) is 9.78 Å². The summed E-state index contributed by atoms with van der Waals surface area (Å²) in [4.78, 5) is 34.6. The number of carbonyl (C=O) groups is 2. The molecule has 268 valence electrons. The zero-order chi connectivity index (χ0) is 37.2. The molecule has 1 atom stereocenters. The number of alkyl carbamates (subject to hydrolysis) is 1. The Hall–Kier alpha value is -3.71. The normalized spacial score (nSPS) is 14.7. The number of fused-ring (bicyclic) bond motifs is 1. The molecule has 2 heterocycles. The molecule has 0 bridgehead atoms. The van der Waals surface area contributed by atoms with E-state index >= 15 is 0 Å². The first-order chi connectivity index (χ1) is 23.1. The first kappa shape index (κ1) is 39.1. The van der Waals surface area contributed by atoms with E-state index in [1.165, 1.54) is 0 Å². The minimum Gasteiger partial charge on any atom is -0.530 e. The third-order valence-corrected chi connectivity index (χ3v) is 13.9. The summed E-state index contributed by atoms with van der Waals surface area (Å²) in [6, 6.07) is 13.7. The fourth-order valence-electron chi connectivity index (χ4n) is 5.38. The number of hydrogen-bond donors (Lipinski definition) is 1. The lowest BCUT2D eigenvalue weighted by molar-refractivity contribution is -0.120. The second-order valence-electron chi connectivity index (χ2n) is 15.9. The van der Waals surface area contributed by atoms with Crippen molar-refractivity contribution in [3.63, 3.8) is 0 Å². The molecule has 2 aromatic carbocycles. The van der Waals surface area contributed by atoms with Crippen molar-refractivity contribution >= 4 is 49.2 Å². The van der Waals surface area contributed by atoms with Crippen molar-refractivity contribution < 1.29 is 23.5 Å². The maximum Gasteiger partial charge on any atom is 0.408 e. The lowest BCUT2D eigenvalue weighted by Crippen LogP contribution is -2.51. The molecule has 1 aliphatic rings. The first-order valence-corrected chi connectivity index (χ1v) is 20.4. The van der Waals surface area contributed by atoms with Crippen LogP contribution in [0.25, 0.3) is 0 Å². The summed E-state index contributed by atoms with van der Waals surface area (Å²) in [6.07, 6.45) is 5.28. The zero-order valence-electron chi connectivity index (χ0n) is 30.8. The Balaban J connectivity index is 1.79. The highest BCUT2D eigenvalue weighted by Gasteiger charge is 2.45. The molecule has 1 aliphatic heterocycles. The van der Waals surface area contributed by atoms with Crippen LogP contribution in [0.5, 0.6) is 11.6 Å². The summed E-state index contributed by atoms with van der Waals surface area (Å²) in [5, 5.41) is 3.85. The molecule has 2 amide bonds. The van der Waals surface area contributed by atoms with E-state index in [0.717, 1.165) is 22.4 Å². The number of nitrogens with one attached hydrogen (secondary N) is 1. The number of hydrogen-bond acceptors (Lipinski definition) is 6. The number of ether oxygens (including phenoxy) is 2. The molecule has 1 N–H and O–H groups in total. The van der Waals surface area contributed by atoms with Crippen LogP contribution in [0.2, 0.25) is 28.2 Å². The van der Waals surface area contributed by atoms with Crippen molar-refractivity contribution in [2.24, 2.45) is 0 Å².